The molecule has 104 valence electrons. The van der Waals surface area contributed by atoms with Crippen LogP contribution in [0, 0.1) is 0 Å². The van der Waals surface area contributed by atoms with Crippen molar-refractivity contribution in [2.45, 2.75) is 11.3 Å². The number of rotatable bonds is 8. The molecule has 2 N–H and O–H groups in total. The zero-order valence-corrected chi connectivity index (χ0v) is 11.8. The zero-order valence-electron chi connectivity index (χ0n) is 11.0. The number of hydrogen-bond acceptors (Lipinski definition) is 4. The highest BCUT2D eigenvalue weighted by Gasteiger charge is 2.10. The Kier molecular flexibility index (Phi) is 7.69. The fourth-order valence-corrected chi connectivity index (χ4v) is 2.14. The maximum Gasteiger partial charge on any atom is 0.317 e. The van der Waals surface area contributed by atoms with Crippen LogP contribution in [0.15, 0.2) is 35.2 Å². The van der Waals surface area contributed by atoms with Crippen LogP contribution in [0.4, 0.5) is 4.79 Å². The number of carbonyl (C=O) groups excluding carboxylic acids is 2. The highest BCUT2D eigenvalue weighted by atomic mass is 32.2. The highest BCUT2D eigenvalue weighted by molar-refractivity contribution is 7.97. The largest absolute Gasteiger partial charge is 0.341 e. The second-order valence-electron chi connectivity index (χ2n) is 3.81. The molecule has 1 rings (SSSR count). The van der Waals surface area contributed by atoms with E-state index in [4.69, 9.17) is 0 Å². The topological polar surface area (TPSA) is 61.4 Å². The van der Waals surface area contributed by atoms with E-state index in [0.29, 0.717) is 26.1 Å². The molecule has 0 aliphatic carbocycles. The van der Waals surface area contributed by atoms with Crippen LogP contribution in [-0.4, -0.2) is 43.9 Å². The SMILES string of the molecule is CNC(=O)N(CCC=O)CCNSc1ccccc1. The van der Waals surface area contributed by atoms with Crippen LogP contribution < -0.4 is 10.0 Å². The lowest BCUT2D eigenvalue weighted by Crippen LogP contribution is -2.41. The minimum absolute atomic E-state index is 0.159. The fourth-order valence-electron chi connectivity index (χ4n) is 1.49. The van der Waals surface area contributed by atoms with Crippen molar-refractivity contribution < 1.29 is 9.59 Å². The summed E-state index contributed by atoms with van der Waals surface area (Å²) in [7, 11) is 1.59. The summed E-state index contributed by atoms with van der Waals surface area (Å²) < 4.78 is 3.19. The smallest absolute Gasteiger partial charge is 0.317 e. The molecular formula is C13H19N3O2S. The molecule has 0 unspecified atom stereocenters. The molecule has 0 radical (unpaired) electrons. The summed E-state index contributed by atoms with van der Waals surface area (Å²) in [4.78, 5) is 24.6. The summed E-state index contributed by atoms with van der Waals surface area (Å²) in [6.07, 6.45) is 1.18. The van der Waals surface area contributed by atoms with E-state index >= 15 is 0 Å². The van der Waals surface area contributed by atoms with Crippen molar-refractivity contribution in [3.8, 4) is 0 Å². The van der Waals surface area contributed by atoms with Crippen molar-refractivity contribution in [1.29, 1.82) is 0 Å². The maximum absolute atomic E-state index is 11.5. The molecule has 0 bridgehead atoms. The summed E-state index contributed by atoms with van der Waals surface area (Å²) >= 11 is 1.53. The predicted molar refractivity (Wildman–Crippen MR) is 77.0 cm³/mol. The molecule has 0 heterocycles. The van der Waals surface area contributed by atoms with E-state index in [1.54, 1.807) is 11.9 Å². The van der Waals surface area contributed by atoms with E-state index in [2.05, 4.69) is 10.0 Å². The summed E-state index contributed by atoms with van der Waals surface area (Å²) in [5.74, 6) is 0. The Morgan fingerprint density at radius 2 is 2.05 bits per heavy atom. The lowest BCUT2D eigenvalue weighted by molar-refractivity contribution is -0.108. The quantitative estimate of drug-likeness (QED) is 0.431. The predicted octanol–water partition coefficient (Wildman–Crippen LogP) is 1.51. The monoisotopic (exact) mass is 281 g/mol. The minimum Gasteiger partial charge on any atom is -0.341 e. The van der Waals surface area contributed by atoms with Gasteiger partial charge in [-0.15, -0.1) is 0 Å². The molecule has 0 aliphatic heterocycles. The molecule has 0 aliphatic rings. The van der Waals surface area contributed by atoms with E-state index in [-0.39, 0.29) is 6.03 Å². The lowest BCUT2D eigenvalue weighted by Gasteiger charge is -2.21. The van der Waals surface area contributed by atoms with Crippen LogP contribution in [0.1, 0.15) is 6.42 Å². The number of hydrogen-bond donors (Lipinski definition) is 2. The van der Waals surface area contributed by atoms with Crippen LogP contribution >= 0.6 is 11.9 Å². The molecule has 19 heavy (non-hydrogen) atoms. The van der Waals surface area contributed by atoms with Gasteiger partial charge in [0.2, 0.25) is 0 Å². The third-order valence-corrected chi connectivity index (χ3v) is 3.29. The van der Waals surface area contributed by atoms with E-state index in [9.17, 15) is 9.59 Å². The molecule has 5 nitrogen and oxygen atoms in total. The normalized spacial score (nSPS) is 9.95. The maximum atomic E-state index is 11.5. The second-order valence-corrected chi connectivity index (χ2v) is 4.77. The van der Waals surface area contributed by atoms with Gasteiger partial charge in [-0.1, -0.05) is 18.2 Å². The number of carbonyl (C=O) groups is 2. The molecule has 0 saturated heterocycles. The molecule has 0 aromatic heterocycles. The molecule has 0 atom stereocenters. The Labute approximate surface area is 117 Å². The van der Waals surface area contributed by atoms with Gasteiger partial charge >= 0.3 is 6.03 Å². The van der Waals surface area contributed by atoms with Crippen molar-refractivity contribution in [3.05, 3.63) is 30.3 Å². The van der Waals surface area contributed by atoms with E-state index in [1.807, 2.05) is 30.3 Å². The molecule has 0 fully saturated rings. The van der Waals surface area contributed by atoms with Crippen molar-refractivity contribution in [2.75, 3.05) is 26.7 Å². The molecular weight excluding hydrogens is 262 g/mol. The standard InChI is InChI=1S/C13H19N3O2S/c1-14-13(18)16(9-5-11-17)10-8-15-19-12-6-3-2-4-7-12/h2-4,6-7,11,15H,5,8-10H2,1H3,(H,14,18). The van der Waals surface area contributed by atoms with Gasteiger partial charge in [-0.2, -0.15) is 0 Å². The molecule has 2 amide bonds. The van der Waals surface area contributed by atoms with Gasteiger partial charge in [-0.3, -0.25) is 4.72 Å². The second kappa shape index (κ2) is 9.41. The van der Waals surface area contributed by atoms with Crippen LogP contribution in [0.25, 0.3) is 0 Å². The lowest BCUT2D eigenvalue weighted by atomic mass is 10.4. The minimum atomic E-state index is -0.159. The first-order chi connectivity index (χ1) is 9.27. The van der Waals surface area contributed by atoms with Crippen LogP contribution in [0.5, 0.6) is 0 Å². The van der Waals surface area contributed by atoms with Crippen molar-refractivity contribution >= 4 is 24.3 Å². The Morgan fingerprint density at radius 3 is 2.68 bits per heavy atom. The van der Waals surface area contributed by atoms with Gasteiger partial charge in [0.05, 0.1) is 0 Å². The first-order valence-corrected chi connectivity index (χ1v) is 6.94. The third-order valence-electron chi connectivity index (χ3n) is 2.43. The van der Waals surface area contributed by atoms with Crippen molar-refractivity contribution in [1.82, 2.24) is 14.9 Å². The Morgan fingerprint density at radius 1 is 1.32 bits per heavy atom. The van der Waals surface area contributed by atoms with Crippen molar-refractivity contribution in [3.63, 3.8) is 0 Å². The molecule has 1 aromatic rings. The average molecular weight is 281 g/mol. The Bertz CT molecular complexity index is 387. The summed E-state index contributed by atoms with van der Waals surface area (Å²) in [6, 6.07) is 9.79. The van der Waals surface area contributed by atoms with Crippen LogP contribution in [-0.2, 0) is 4.79 Å². The third kappa shape index (κ3) is 6.26. The molecule has 1 aromatic carbocycles. The van der Waals surface area contributed by atoms with E-state index in [0.717, 1.165) is 11.2 Å². The Hall–Kier alpha value is -1.53. The van der Waals surface area contributed by atoms with E-state index in [1.165, 1.54) is 11.9 Å². The van der Waals surface area contributed by atoms with Gasteiger partial charge in [0.1, 0.15) is 6.29 Å². The fraction of sp³-hybridized carbons (Fsp3) is 0.385. The van der Waals surface area contributed by atoms with Gasteiger partial charge in [0, 0.05) is 38.0 Å². The van der Waals surface area contributed by atoms with Gasteiger partial charge in [-0.25, -0.2) is 4.79 Å². The number of aldehydes is 1. The first-order valence-electron chi connectivity index (χ1n) is 6.13. The molecule has 6 heteroatoms. The molecule has 0 spiro atoms. The highest BCUT2D eigenvalue weighted by Crippen LogP contribution is 2.12. The van der Waals surface area contributed by atoms with E-state index < -0.39 is 0 Å². The number of nitrogens with one attached hydrogen (secondary N) is 2. The Balaban J connectivity index is 2.27. The average Bonchev–Trinajstić information content (AvgIpc) is 2.47. The van der Waals surface area contributed by atoms with Crippen LogP contribution in [0.3, 0.4) is 0 Å². The van der Waals surface area contributed by atoms with Gasteiger partial charge < -0.3 is 15.0 Å². The van der Waals surface area contributed by atoms with Gasteiger partial charge in [-0.05, 0) is 24.1 Å². The number of amides is 2. The molecule has 0 saturated carbocycles. The summed E-state index contributed by atoms with van der Waals surface area (Å²) in [5.41, 5.74) is 0. The zero-order chi connectivity index (χ0) is 13.9. The van der Waals surface area contributed by atoms with Gasteiger partial charge in [0.25, 0.3) is 0 Å². The number of nitrogens with zero attached hydrogens (tertiary/aromatic N) is 1. The van der Waals surface area contributed by atoms with Gasteiger partial charge in [0.15, 0.2) is 0 Å². The number of urea groups is 1. The summed E-state index contributed by atoms with van der Waals surface area (Å²) in [6.45, 7) is 1.67. The first kappa shape index (κ1) is 15.5. The van der Waals surface area contributed by atoms with Crippen LogP contribution in [0.2, 0.25) is 0 Å². The van der Waals surface area contributed by atoms with Crippen molar-refractivity contribution in [2.24, 2.45) is 0 Å². The summed E-state index contributed by atoms with van der Waals surface area (Å²) in [5, 5.41) is 2.57. The number of benzene rings is 1.